The van der Waals surface area contributed by atoms with Crippen LogP contribution in [0.1, 0.15) is 26.3 Å². The SMILES string of the molecule is CCOc1ccc(NC(=O)COc2cccc3c2OC(C)(C)C3)cc1S(=O)(=O)N1CCOCC1. The number of nitrogens with zero attached hydrogens (tertiary/aromatic N) is 1. The van der Waals surface area contributed by atoms with Gasteiger partial charge in [-0.3, -0.25) is 4.79 Å². The second-order valence-electron chi connectivity index (χ2n) is 8.73. The van der Waals surface area contributed by atoms with Crippen molar-refractivity contribution in [1.82, 2.24) is 4.31 Å². The summed E-state index contributed by atoms with van der Waals surface area (Å²) in [7, 11) is -3.82. The van der Waals surface area contributed by atoms with Crippen molar-refractivity contribution in [3.63, 3.8) is 0 Å². The van der Waals surface area contributed by atoms with Crippen LogP contribution >= 0.6 is 0 Å². The summed E-state index contributed by atoms with van der Waals surface area (Å²) in [6.07, 6.45) is 0.762. The van der Waals surface area contributed by atoms with Gasteiger partial charge in [0.15, 0.2) is 18.1 Å². The number of nitrogens with one attached hydrogen (secondary N) is 1. The number of hydrogen-bond acceptors (Lipinski definition) is 7. The number of carbonyl (C=O) groups is 1. The van der Waals surface area contributed by atoms with Gasteiger partial charge in [0.1, 0.15) is 16.2 Å². The number of para-hydroxylation sites is 1. The molecule has 10 heteroatoms. The maximum atomic E-state index is 13.2. The molecule has 2 heterocycles. The highest BCUT2D eigenvalue weighted by Crippen LogP contribution is 2.41. The maximum absolute atomic E-state index is 13.2. The monoisotopic (exact) mass is 490 g/mol. The lowest BCUT2D eigenvalue weighted by atomic mass is 10.0. The van der Waals surface area contributed by atoms with Gasteiger partial charge < -0.3 is 24.3 Å². The van der Waals surface area contributed by atoms with E-state index in [9.17, 15) is 13.2 Å². The molecule has 34 heavy (non-hydrogen) atoms. The first kappa shape index (κ1) is 24.3. The van der Waals surface area contributed by atoms with E-state index in [1.54, 1.807) is 25.1 Å². The number of benzene rings is 2. The fraction of sp³-hybridized carbons (Fsp3) is 0.458. The number of sulfonamides is 1. The molecule has 9 nitrogen and oxygen atoms in total. The van der Waals surface area contributed by atoms with Gasteiger partial charge >= 0.3 is 0 Å². The molecule has 2 aliphatic rings. The van der Waals surface area contributed by atoms with Crippen LogP contribution in [0.25, 0.3) is 0 Å². The normalized spacial score (nSPS) is 17.5. The molecule has 0 radical (unpaired) electrons. The van der Waals surface area contributed by atoms with Gasteiger partial charge in [-0.1, -0.05) is 12.1 Å². The predicted octanol–water partition coefficient (Wildman–Crippen LogP) is 2.84. The van der Waals surface area contributed by atoms with Crippen LogP contribution in [0.4, 0.5) is 5.69 Å². The van der Waals surface area contributed by atoms with E-state index < -0.39 is 15.9 Å². The highest BCUT2D eigenvalue weighted by molar-refractivity contribution is 7.89. The van der Waals surface area contributed by atoms with E-state index in [-0.39, 0.29) is 35.9 Å². The van der Waals surface area contributed by atoms with Crippen LogP contribution in [0.2, 0.25) is 0 Å². The van der Waals surface area contributed by atoms with Crippen molar-refractivity contribution in [2.45, 2.75) is 37.7 Å². The average molecular weight is 491 g/mol. The van der Waals surface area contributed by atoms with E-state index in [0.29, 0.717) is 37.0 Å². The predicted molar refractivity (Wildman–Crippen MR) is 126 cm³/mol. The summed E-state index contributed by atoms with van der Waals surface area (Å²) in [5.74, 6) is 0.970. The summed E-state index contributed by atoms with van der Waals surface area (Å²) in [5, 5.41) is 2.71. The van der Waals surface area contributed by atoms with Gasteiger partial charge in [0, 0.05) is 30.8 Å². The molecule has 0 spiro atoms. The Hall–Kier alpha value is -2.82. The molecule has 1 N–H and O–H groups in total. The molecule has 2 aliphatic heterocycles. The quantitative estimate of drug-likeness (QED) is 0.607. The van der Waals surface area contributed by atoms with Crippen molar-refractivity contribution in [2.24, 2.45) is 0 Å². The molecule has 1 saturated heterocycles. The number of ether oxygens (including phenoxy) is 4. The van der Waals surface area contributed by atoms with Crippen molar-refractivity contribution < 1.29 is 32.2 Å². The van der Waals surface area contributed by atoms with E-state index in [0.717, 1.165) is 12.0 Å². The maximum Gasteiger partial charge on any atom is 0.262 e. The number of amides is 1. The molecule has 184 valence electrons. The summed E-state index contributed by atoms with van der Waals surface area (Å²) >= 11 is 0. The van der Waals surface area contributed by atoms with Gasteiger partial charge in [-0.05, 0) is 45.0 Å². The number of fused-ring (bicyclic) bond motifs is 1. The third-order valence-electron chi connectivity index (χ3n) is 5.53. The Morgan fingerprint density at radius 3 is 2.62 bits per heavy atom. The lowest BCUT2D eigenvalue weighted by molar-refractivity contribution is -0.118. The molecule has 0 saturated carbocycles. The molecule has 0 unspecified atom stereocenters. The van der Waals surface area contributed by atoms with Crippen LogP contribution in [-0.4, -0.2) is 63.7 Å². The highest BCUT2D eigenvalue weighted by atomic mass is 32.2. The van der Waals surface area contributed by atoms with Crippen molar-refractivity contribution >= 4 is 21.6 Å². The van der Waals surface area contributed by atoms with Gasteiger partial charge in [-0.25, -0.2) is 8.42 Å². The van der Waals surface area contributed by atoms with E-state index in [1.807, 2.05) is 26.0 Å². The molecule has 0 aromatic heterocycles. The van der Waals surface area contributed by atoms with Gasteiger partial charge in [-0.2, -0.15) is 4.31 Å². The first-order valence-electron chi connectivity index (χ1n) is 11.3. The van der Waals surface area contributed by atoms with Crippen LogP contribution in [0.5, 0.6) is 17.2 Å². The number of hydrogen-bond donors (Lipinski definition) is 1. The zero-order valence-electron chi connectivity index (χ0n) is 19.6. The second-order valence-corrected chi connectivity index (χ2v) is 10.6. The van der Waals surface area contributed by atoms with Crippen molar-refractivity contribution in [2.75, 3.05) is 44.8 Å². The lowest BCUT2D eigenvalue weighted by Crippen LogP contribution is -2.40. The summed E-state index contributed by atoms with van der Waals surface area (Å²) in [6, 6.07) is 10.2. The first-order valence-corrected chi connectivity index (χ1v) is 12.7. The number of anilines is 1. The van der Waals surface area contributed by atoms with Crippen LogP contribution in [-0.2, 0) is 26.0 Å². The fourth-order valence-electron chi connectivity index (χ4n) is 4.03. The Kier molecular flexibility index (Phi) is 7.01. The zero-order chi connectivity index (χ0) is 24.3. The van der Waals surface area contributed by atoms with Crippen LogP contribution in [0.3, 0.4) is 0 Å². The third kappa shape index (κ3) is 5.29. The first-order chi connectivity index (χ1) is 16.2. The largest absolute Gasteiger partial charge is 0.492 e. The van der Waals surface area contributed by atoms with Gasteiger partial charge in [-0.15, -0.1) is 0 Å². The van der Waals surface area contributed by atoms with E-state index >= 15 is 0 Å². The topological polar surface area (TPSA) is 103 Å². The molecular weight excluding hydrogens is 460 g/mol. The minimum Gasteiger partial charge on any atom is -0.492 e. The van der Waals surface area contributed by atoms with Gasteiger partial charge in [0.25, 0.3) is 5.91 Å². The van der Waals surface area contributed by atoms with E-state index in [2.05, 4.69) is 5.32 Å². The molecule has 0 aliphatic carbocycles. The number of carbonyl (C=O) groups excluding carboxylic acids is 1. The summed E-state index contributed by atoms with van der Waals surface area (Å²) in [6.45, 7) is 7.03. The smallest absolute Gasteiger partial charge is 0.262 e. The van der Waals surface area contributed by atoms with E-state index in [4.69, 9.17) is 18.9 Å². The van der Waals surface area contributed by atoms with Crippen LogP contribution < -0.4 is 19.5 Å². The van der Waals surface area contributed by atoms with Crippen molar-refractivity contribution in [3.05, 3.63) is 42.0 Å². The van der Waals surface area contributed by atoms with Gasteiger partial charge in [0.05, 0.1) is 19.8 Å². The summed E-state index contributed by atoms with van der Waals surface area (Å²) < 4.78 is 50.3. The Morgan fingerprint density at radius 1 is 1.12 bits per heavy atom. The van der Waals surface area contributed by atoms with Crippen molar-refractivity contribution in [1.29, 1.82) is 0 Å². The Labute approximate surface area is 200 Å². The number of rotatable bonds is 8. The molecule has 0 atom stereocenters. The minimum absolute atomic E-state index is 0.00600. The van der Waals surface area contributed by atoms with Gasteiger partial charge in [0.2, 0.25) is 10.0 Å². The lowest BCUT2D eigenvalue weighted by Gasteiger charge is -2.27. The molecule has 0 bridgehead atoms. The molecule has 1 fully saturated rings. The summed E-state index contributed by atoms with van der Waals surface area (Å²) in [5.41, 5.74) is 1.04. The van der Waals surface area contributed by atoms with Crippen molar-refractivity contribution in [3.8, 4) is 17.2 Å². The standard InChI is InChI=1S/C24H30N2O7S/c1-4-31-19-9-8-18(14-21(19)34(28,29)26-10-12-30-13-11-26)25-22(27)16-32-20-7-5-6-17-15-24(2,3)33-23(17)20/h5-9,14H,4,10-13,15-16H2,1-3H3,(H,25,27). The van der Waals surface area contributed by atoms with Crippen LogP contribution in [0, 0.1) is 0 Å². The summed E-state index contributed by atoms with van der Waals surface area (Å²) in [4.78, 5) is 12.6. The molecule has 4 rings (SSSR count). The molecule has 2 aromatic carbocycles. The fourth-order valence-corrected chi connectivity index (χ4v) is 5.59. The third-order valence-corrected chi connectivity index (χ3v) is 7.45. The Balaban J connectivity index is 1.48. The van der Waals surface area contributed by atoms with Crippen LogP contribution in [0.15, 0.2) is 41.3 Å². The highest BCUT2D eigenvalue weighted by Gasteiger charge is 2.33. The second kappa shape index (κ2) is 9.81. The average Bonchev–Trinajstić information content (AvgIpc) is 3.13. The Morgan fingerprint density at radius 2 is 1.88 bits per heavy atom. The zero-order valence-corrected chi connectivity index (χ0v) is 20.4. The minimum atomic E-state index is -3.82. The molecule has 2 aromatic rings. The van der Waals surface area contributed by atoms with E-state index in [1.165, 1.54) is 10.4 Å². The molecule has 1 amide bonds. The number of morpholine rings is 1. The Bertz CT molecular complexity index is 1160. The molecular formula is C24H30N2O7S.